The number of hydrogen-bond donors (Lipinski definition) is 2. The van der Waals surface area contributed by atoms with Crippen molar-refractivity contribution in [1.82, 2.24) is 10.2 Å². The van der Waals surface area contributed by atoms with Crippen LogP contribution >= 0.6 is 40.7 Å². The minimum Gasteiger partial charge on any atom is -0.506 e. The van der Waals surface area contributed by atoms with Gasteiger partial charge in [0.1, 0.15) is 18.2 Å². The van der Waals surface area contributed by atoms with Crippen LogP contribution in [0.5, 0.6) is 5.75 Å². The molecule has 116 valence electrons. The second-order valence-electron chi connectivity index (χ2n) is 4.25. The minimum absolute atomic E-state index is 0. The summed E-state index contributed by atoms with van der Waals surface area (Å²) < 4.78 is 27.5. The number of piperazine rings is 1. The summed E-state index contributed by atoms with van der Waals surface area (Å²) in [6, 6.07) is 1.93. The summed E-state index contributed by atoms with van der Waals surface area (Å²) in [6.45, 7) is 2.04. The second kappa shape index (κ2) is 9.00. The lowest BCUT2D eigenvalue weighted by Crippen LogP contribution is -2.45. The van der Waals surface area contributed by atoms with Gasteiger partial charge in [-0.05, 0) is 28.1 Å². The molecule has 0 saturated carbocycles. The highest BCUT2D eigenvalue weighted by Crippen LogP contribution is 2.36. The molecule has 20 heavy (non-hydrogen) atoms. The number of nitrogens with one attached hydrogen (secondary N) is 1. The SMILES string of the molecule is Cl.Cl.Oc1c(Br)ccc(F)c1[C@@H](CF)N1CCNCC1. The van der Waals surface area contributed by atoms with Gasteiger partial charge in [-0.1, -0.05) is 0 Å². The van der Waals surface area contributed by atoms with Crippen molar-refractivity contribution in [2.24, 2.45) is 0 Å². The van der Waals surface area contributed by atoms with E-state index >= 15 is 0 Å². The van der Waals surface area contributed by atoms with E-state index in [1.165, 1.54) is 12.1 Å². The van der Waals surface area contributed by atoms with Crippen molar-refractivity contribution in [2.45, 2.75) is 6.04 Å². The van der Waals surface area contributed by atoms with Crippen molar-refractivity contribution in [3.8, 4) is 5.75 Å². The largest absolute Gasteiger partial charge is 0.506 e. The summed E-state index contributed by atoms with van der Waals surface area (Å²) in [4.78, 5) is 1.85. The molecule has 1 saturated heterocycles. The maximum Gasteiger partial charge on any atom is 0.137 e. The van der Waals surface area contributed by atoms with Crippen LogP contribution in [0.3, 0.4) is 0 Å². The minimum atomic E-state index is -0.732. The van der Waals surface area contributed by atoms with E-state index in [1.54, 1.807) is 0 Å². The van der Waals surface area contributed by atoms with Crippen molar-refractivity contribution in [3.05, 3.63) is 28.0 Å². The van der Waals surface area contributed by atoms with Gasteiger partial charge in [0.2, 0.25) is 0 Å². The second-order valence-corrected chi connectivity index (χ2v) is 5.10. The molecule has 0 bridgehead atoms. The molecule has 1 fully saturated rings. The smallest absolute Gasteiger partial charge is 0.137 e. The molecule has 2 N–H and O–H groups in total. The quantitative estimate of drug-likeness (QED) is 0.828. The molecule has 2 rings (SSSR count). The van der Waals surface area contributed by atoms with Crippen LogP contribution in [0.2, 0.25) is 0 Å². The first-order valence-corrected chi connectivity index (χ1v) is 6.62. The first-order chi connectivity index (χ1) is 8.65. The average molecular weight is 394 g/mol. The monoisotopic (exact) mass is 392 g/mol. The zero-order valence-electron chi connectivity index (χ0n) is 10.6. The van der Waals surface area contributed by atoms with E-state index in [1.807, 2.05) is 4.90 Å². The van der Waals surface area contributed by atoms with Gasteiger partial charge < -0.3 is 10.4 Å². The van der Waals surface area contributed by atoms with Gasteiger partial charge in [-0.15, -0.1) is 24.8 Å². The number of rotatable bonds is 3. The third-order valence-corrected chi connectivity index (χ3v) is 3.83. The predicted octanol–water partition coefficient (Wildman–Crippen LogP) is 3.05. The standard InChI is InChI=1S/C12H15BrF2N2O.2ClH/c13-8-1-2-9(15)11(12(8)18)10(7-14)17-5-3-16-4-6-17;;/h1-2,10,16,18H,3-7H2;2*1H/t10-;;/m1../s1. The highest BCUT2D eigenvalue weighted by Gasteiger charge is 2.28. The Labute approximate surface area is 137 Å². The zero-order valence-corrected chi connectivity index (χ0v) is 13.8. The summed E-state index contributed by atoms with van der Waals surface area (Å²) in [6.07, 6.45) is 0. The predicted molar refractivity (Wildman–Crippen MR) is 83.4 cm³/mol. The maximum absolute atomic E-state index is 13.8. The maximum atomic E-state index is 13.8. The fourth-order valence-electron chi connectivity index (χ4n) is 2.22. The third-order valence-electron chi connectivity index (χ3n) is 3.19. The van der Waals surface area contributed by atoms with E-state index in [0.717, 1.165) is 13.1 Å². The van der Waals surface area contributed by atoms with Crippen LogP contribution in [-0.4, -0.2) is 42.9 Å². The molecule has 0 radical (unpaired) electrons. The van der Waals surface area contributed by atoms with E-state index < -0.39 is 18.5 Å². The van der Waals surface area contributed by atoms with E-state index in [-0.39, 0.29) is 36.1 Å². The van der Waals surface area contributed by atoms with Gasteiger partial charge >= 0.3 is 0 Å². The van der Waals surface area contributed by atoms with Crippen LogP contribution in [-0.2, 0) is 0 Å². The summed E-state index contributed by atoms with van der Waals surface area (Å²) in [5.41, 5.74) is 0.0359. The van der Waals surface area contributed by atoms with Gasteiger partial charge in [-0.2, -0.15) is 0 Å². The normalized spacial score (nSPS) is 16.9. The Morgan fingerprint density at radius 3 is 2.45 bits per heavy atom. The molecule has 8 heteroatoms. The van der Waals surface area contributed by atoms with Crippen LogP contribution in [0.4, 0.5) is 8.78 Å². The number of alkyl halides is 1. The molecule has 0 spiro atoms. The lowest BCUT2D eigenvalue weighted by molar-refractivity contribution is 0.142. The zero-order chi connectivity index (χ0) is 13.1. The summed E-state index contributed by atoms with van der Waals surface area (Å²) in [7, 11) is 0. The van der Waals surface area contributed by atoms with Crippen LogP contribution in [0.15, 0.2) is 16.6 Å². The van der Waals surface area contributed by atoms with Crippen molar-refractivity contribution in [1.29, 1.82) is 0 Å². The lowest BCUT2D eigenvalue weighted by Gasteiger charge is -2.34. The van der Waals surface area contributed by atoms with Crippen molar-refractivity contribution >= 4 is 40.7 Å². The molecule has 0 unspecified atom stereocenters. The number of hydrogen-bond acceptors (Lipinski definition) is 3. The van der Waals surface area contributed by atoms with Crippen molar-refractivity contribution in [3.63, 3.8) is 0 Å². The van der Waals surface area contributed by atoms with Gasteiger partial charge in [0.05, 0.1) is 16.1 Å². The molecule has 0 aliphatic carbocycles. The van der Waals surface area contributed by atoms with E-state index in [0.29, 0.717) is 17.6 Å². The molecule has 1 aromatic rings. The Hall–Kier alpha value is -0.140. The van der Waals surface area contributed by atoms with E-state index in [9.17, 15) is 13.9 Å². The van der Waals surface area contributed by atoms with Gasteiger partial charge in [0, 0.05) is 26.2 Å². The molecule has 1 aliphatic heterocycles. The molecule has 3 nitrogen and oxygen atoms in total. The van der Waals surface area contributed by atoms with Gasteiger partial charge in [0.25, 0.3) is 0 Å². The van der Waals surface area contributed by atoms with Crippen molar-refractivity contribution in [2.75, 3.05) is 32.9 Å². The Morgan fingerprint density at radius 2 is 1.90 bits per heavy atom. The topological polar surface area (TPSA) is 35.5 Å². The number of benzene rings is 1. The number of phenolic OH excluding ortho intramolecular Hbond substituents is 1. The molecule has 0 amide bonds. The number of nitrogens with zero attached hydrogens (tertiary/aromatic N) is 1. The molecule has 1 aromatic carbocycles. The van der Waals surface area contributed by atoms with Crippen LogP contribution in [0.25, 0.3) is 0 Å². The van der Waals surface area contributed by atoms with Gasteiger partial charge in [-0.3, -0.25) is 4.90 Å². The average Bonchev–Trinajstić information content (AvgIpc) is 2.40. The molecule has 1 heterocycles. The molecule has 1 aliphatic rings. The lowest BCUT2D eigenvalue weighted by atomic mass is 10.0. The van der Waals surface area contributed by atoms with Crippen molar-refractivity contribution < 1.29 is 13.9 Å². The summed E-state index contributed by atoms with van der Waals surface area (Å²) in [5.74, 6) is -0.784. The Kier molecular flexibility index (Phi) is 8.93. The first kappa shape index (κ1) is 19.9. The Bertz CT molecular complexity index is 434. The number of phenols is 1. The van der Waals surface area contributed by atoms with Gasteiger partial charge in [-0.25, -0.2) is 8.78 Å². The highest BCUT2D eigenvalue weighted by molar-refractivity contribution is 9.10. The van der Waals surface area contributed by atoms with Gasteiger partial charge in [0.15, 0.2) is 0 Å². The fraction of sp³-hybridized carbons (Fsp3) is 0.500. The molecule has 0 aromatic heterocycles. The van der Waals surface area contributed by atoms with Crippen LogP contribution in [0.1, 0.15) is 11.6 Å². The Morgan fingerprint density at radius 1 is 1.30 bits per heavy atom. The highest BCUT2D eigenvalue weighted by atomic mass is 79.9. The van der Waals surface area contributed by atoms with Crippen LogP contribution < -0.4 is 5.32 Å². The summed E-state index contributed by atoms with van der Waals surface area (Å²) >= 11 is 3.13. The van der Waals surface area contributed by atoms with E-state index in [2.05, 4.69) is 21.2 Å². The summed E-state index contributed by atoms with van der Waals surface area (Å²) in [5, 5.41) is 13.1. The van der Waals surface area contributed by atoms with E-state index in [4.69, 9.17) is 0 Å². The first-order valence-electron chi connectivity index (χ1n) is 5.82. The Balaban J connectivity index is 0.00000180. The number of halogens is 5. The van der Waals surface area contributed by atoms with Crippen LogP contribution in [0, 0.1) is 5.82 Å². The fourth-order valence-corrected chi connectivity index (χ4v) is 2.57. The molecular weight excluding hydrogens is 377 g/mol. The third kappa shape index (κ3) is 4.18. The number of aromatic hydroxyl groups is 1. The molecular formula is C12H17BrCl2F2N2O. The molecule has 1 atom stereocenters.